The number of nitrogens with zero attached hydrogens (tertiary/aromatic N) is 2. The van der Waals surface area contributed by atoms with Crippen LogP contribution in [0.15, 0.2) is 6.20 Å². The molecule has 2 rings (SSSR count). The maximum atomic E-state index is 5.95. The monoisotopic (exact) mass is 354 g/mol. The molecule has 0 saturated heterocycles. The van der Waals surface area contributed by atoms with Crippen LogP contribution in [0, 0.1) is 0 Å². The van der Waals surface area contributed by atoms with Gasteiger partial charge in [0.25, 0.3) is 0 Å². The molecule has 0 amide bonds. The first-order chi connectivity index (χ1) is 11.7. The van der Waals surface area contributed by atoms with E-state index in [4.69, 9.17) is 18.3 Å². The predicted molar refractivity (Wildman–Crippen MR) is 98.2 cm³/mol. The van der Waals surface area contributed by atoms with Crippen LogP contribution in [0.5, 0.6) is 0 Å². The lowest BCUT2D eigenvalue weighted by molar-refractivity contribution is 0.0705. The quantitative estimate of drug-likeness (QED) is 0.596. The molecule has 0 spiro atoms. The highest BCUT2D eigenvalue weighted by Gasteiger charge is 2.39. The predicted octanol–water partition coefficient (Wildman–Crippen LogP) is 3.98. The summed E-state index contributed by atoms with van der Waals surface area (Å²) in [5.74, 6) is 1.25. The van der Waals surface area contributed by atoms with E-state index < -0.39 is 8.80 Å². The van der Waals surface area contributed by atoms with E-state index >= 15 is 0 Å². The number of imidazole rings is 1. The van der Waals surface area contributed by atoms with Crippen LogP contribution in [0.3, 0.4) is 0 Å². The van der Waals surface area contributed by atoms with Crippen LogP contribution < -0.4 is 0 Å². The third kappa shape index (κ3) is 5.69. The summed E-state index contributed by atoms with van der Waals surface area (Å²) in [4.78, 5) is 4.83. The van der Waals surface area contributed by atoms with E-state index in [-0.39, 0.29) is 0 Å². The van der Waals surface area contributed by atoms with Gasteiger partial charge in [0, 0.05) is 45.0 Å². The van der Waals surface area contributed by atoms with Crippen LogP contribution in [-0.4, -0.2) is 38.2 Å². The first kappa shape index (κ1) is 19.6. The van der Waals surface area contributed by atoms with Gasteiger partial charge in [-0.2, -0.15) is 0 Å². The molecule has 0 saturated carbocycles. The van der Waals surface area contributed by atoms with Crippen LogP contribution in [-0.2, 0) is 32.7 Å². The summed E-state index contributed by atoms with van der Waals surface area (Å²) in [7, 11) is -2.52. The van der Waals surface area contributed by atoms with Gasteiger partial charge in [-0.1, -0.05) is 12.8 Å². The molecule has 24 heavy (non-hydrogen) atoms. The Morgan fingerprint density at radius 3 is 2.21 bits per heavy atom. The Kier molecular flexibility index (Phi) is 8.45. The zero-order valence-electron chi connectivity index (χ0n) is 15.7. The fourth-order valence-corrected chi connectivity index (χ4v) is 6.03. The van der Waals surface area contributed by atoms with Gasteiger partial charge >= 0.3 is 8.80 Å². The number of rotatable bonds is 10. The molecular weight excluding hydrogens is 320 g/mol. The summed E-state index contributed by atoms with van der Waals surface area (Å²) >= 11 is 0. The van der Waals surface area contributed by atoms with Crippen molar-refractivity contribution >= 4 is 8.80 Å². The molecule has 0 atom stereocenters. The third-order valence-corrected chi connectivity index (χ3v) is 7.62. The van der Waals surface area contributed by atoms with Gasteiger partial charge in [-0.15, -0.1) is 0 Å². The second-order valence-electron chi connectivity index (χ2n) is 6.34. The Balaban J connectivity index is 1.96. The lowest BCUT2D eigenvalue weighted by atomic mass is 10.1. The molecule has 0 aromatic carbocycles. The van der Waals surface area contributed by atoms with Crippen molar-refractivity contribution in [3.05, 3.63) is 17.7 Å². The van der Waals surface area contributed by atoms with Crippen molar-refractivity contribution in [2.24, 2.45) is 0 Å². The van der Waals surface area contributed by atoms with Crippen LogP contribution in [0.4, 0.5) is 0 Å². The van der Waals surface area contributed by atoms with Gasteiger partial charge in [-0.05, 0) is 46.5 Å². The van der Waals surface area contributed by atoms with Crippen molar-refractivity contribution in [3.8, 4) is 0 Å². The molecule has 5 nitrogen and oxygen atoms in total. The van der Waals surface area contributed by atoms with E-state index in [1.165, 1.54) is 37.2 Å². The molecule has 0 aliphatic carbocycles. The lowest BCUT2D eigenvalue weighted by Gasteiger charge is -2.28. The SMILES string of the molecule is CCO[Si](CCCn1cc2nc1CCCCCC2)(OCC)OCC. The van der Waals surface area contributed by atoms with Gasteiger partial charge in [0.2, 0.25) is 0 Å². The highest BCUT2D eigenvalue weighted by Crippen LogP contribution is 2.20. The average molecular weight is 355 g/mol. The molecule has 0 unspecified atom stereocenters. The summed E-state index contributed by atoms with van der Waals surface area (Å²) in [5, 5.41) is 0. The van der Waals surface area contributed by atoms with Crippen molar-refractivity contribution in [1.82, 2.24) is 9.55 Å². The number of fused-ring (bicyclic) bond motifs is 2. The molecule has 138 valence electrons. The van der Waals surface area contributed by atoms with Crippen LogP contribution in [0.2, 0.25) is 6.04 Å². The van der Waals surface area contributed by atoms with E-state index in [2.05, 4.69) is 10.8 Å². The van der Waals surface area contributed by atoms with Gasteiger partial charge < -0.3 is 17.8 Å². The molecule has 1 aromatic heterocycles. The normalized spacial score (nSPS) is 15.8. The first-order valence-corrected chi connectivity index (χ1v) is 11.6. The van der Waals surface area contributed by atoms with Crippen molar-refractivity contribution in [2.45, 2.75) is 78.3 Å². The molecule has 6 heteroatoms. The van der Waals surface area contributed by atoms with E-state index in [1.807, 2.05) is 20.8 Å². The average Bonchev–Trinajstić information content (AvgIpc) is 2.98. The second-order valence-corrected chi connectivity index (χ2v) is 9.07. The Morgan fingerprint density at radius 1 is 0.958 bits per heavy atom. The Hall–Kier alpha value is -0.693. The standard InChI is InChI=1S/C18H34N2O3Si/c1-4-21-24(22-5-2,23-6-3)15-11-14-20-16-17-12-9-7-8-10-13-18(20)19-17/h16H,4-15H2,1-3H3. The van der Waals surface area contributed by atoms with Crippen LogP contribution in [0.25, 0.3) is 0 Å². The maximum Gasteiger partial charge on any atom is 0.500 e. The topological polar surface area (TPSA) is 45.5 Å². The molecule has 2 bridgehead atoms. The Labute approximate surface area is 148 Å². The summed E-state index contributed by atoms with van der Waals surface area (Å²) < 4.78 is 20.2. The molecule has 0 radical (unpaired) electrons. The molecule has 1 aliphatic heterocycles. The minimum absolute atomic E-state index is 0.646. The number of hydrogen-bond donors (Lipinski definition) is 0. The zero-order valence-corrected chi connectivity index (χ0v) is 16.7. The van der Waals surface area contributed by atoms with E-state index in [0.717, 1.165) is 31.9 Å². The highest BCUT2D eigenvalue weighted by molar-refractivity contribution is 6.60. The minimum Gasteiger partial charge on any atom is -0.374 e. The van der Waals surface area contributed by atoms with E-state index in [1.54, 1.807) is 0 Å². The van der Waals surface area contributed by atoms with Gasteiger partial charge in [-0.25, -0.2) is 4.98 Å². The summed E-state index contributed by atoms with van der Waals surface area (Å²) in [6, 6.07) is 0.871. The molecule has 0 N–H and O–H groups in total. The van der Waals surface area contributed by atoms with Gasteiger partial charge in [0.05, 0.1) is 5.69 Å². The summed E-state index contributed by atoms with van der Waals surface area (Å²) in [6.45, 7) is 8.95. The molecule has 0 fully saturated rings. The fourth-order valence-electron chi connectivity index (χ4n) is 3.44. The van der Waals surface area contributed by atoms with Gasteiger partial charge in [0.15, 0.2) is 0 Å². The van der Waals surface area contributed by atoms with Gasteiger partial charge in [0.1, 0.15) is 5.82 Å². The number of hydrogen-bond acceptors (Lipinski definition) is 4. The Morgan fingerprint density at radius 2 is 1.58 bits per heavy atom. The second kappa shape index (κ2) is 10.3. The van der Waals surface area contributed by atoms with Crippen molar-refractivity contribution in [1.29, 1.82) is 0 Å². The Bertz CT molecular complexity index is 462. The molecule has 2 heterocycles. The number of aromatic nitrogens is 2. The molecule has 1 aliphatic rings. The highest BCUT2D eigenvalue weighted by atomic mass is 28.4. The minimum atomic E-state index is -2.52. The lowest BCUT2D eigenvalue weighted by Crippen LogP contribution is -2.46. The molecule has 1 aromatic rings. The summed E-state index contributed by atoms with van der Waals surface area (Å²) in [6.07, 6.45) is 10.7. The van der Waals surface area contributed by atoms with Crippen LogP contribution >= 0.6 is 0 Å². The first-order valence-electron chi connectivity index (χ1n) is 9.69. The maximum absolute atomic E-state index is 5.95. The van der Waals surface area contributed by atoms with Crippen molar-refractivity contribution in [2.75, 3.05) is 19.8 Å². The van der Waals surface area contributed by atoms with Crippen LogP contribution in [0.1, 0.15) is 64.4 Å². The number of aryl methyl sites for hydroxylation is 3. The fraction of sp³-hybridized carbons (Fsp3) is 0.833. The van der Waals surface area contributed by atoms with Crippen molar-refractivity contribution in [3.63, 3.8) is 0 Å². The summed E-state index contributed by atoms with van der Waals surface area (Å²) in [5.41, 5.74) is 1.26. The van der Waals surface area contributed by atoms with E-state index in [0.29, 0.717) is 19.8 Å². The smallest absolute Gasteiger partial charge is 0.374 e. The zero-order chi connectivity index (χ0) is 17.3. The van der Waals surface area contributed by atoms with E-state index in [9.17, 15) is 0 Å². The molecular formula is C18H34N2O3Si. The largest absolute Gasteiger partial charge is 0.500 e. The van der Waals surface area contributed by atoms with Gasteiger partial charge in [-0.3, -0.25) is 0 Å². The van der Waals surface area contributed by atoms with Crippen molar-refractivity contribution < 1.29 is 13.3 Å². The third-order valence-electron chi connectivity index (χ3n) is 4.47.